The number of carbonyl (C=O) groups is 4. The topological polar surface area (TPSA) is 123 Å². The summed E-state index contributed by atoms with van der Waals surface area (Å²) in [7, 11) is 5.51. The normalized spacial score (nSPS) is 15.5. The number of amides is 2. The summed E-state index contributed by atoms with van der Waals surface area (Å²) < 4.78 is 26.9. The summed E-state index contributed by atoms with van der Waals surface area (Å²) in [6, 6.07) is 19.5. The summed E-state index contributed by atoms with van der Waals surface area (Å²) in [4.78, 5) is 47.1. The molecule has 3 atom stereocenters. The number of aryl methyl sites for hydroxylation is 1. The van der Waals surface area contributed by atoms with E-state index in [4.69, 9.17) is 5.26 Å². The zero-order valence-electron chi connectivity index (χ0n) is 30.4. The van der Waals surface area contributed by atoms with Gasteiger partial charge in [-0.2, -0.15) is 14.0 Å². The molecule has 2 N–H and O–H groups in total. The standard InChI is InChI=1S/C13H15F2NO2.C10H15N3O2.C7H9N.C5H12.C2H6/c1-10(9-17)16-12(18)13(14,15)8-7-11-5-3-2-4-6-11;1-12(2)6-10(15)13-5-8(7-14)3-9(13)4-11;1-8-7-5-3-2-4-6-7;1-5(2,3)4;1-2/h2-6,9-10H,7-8H2,1H3,(H,16,18);7-9H,3,5-6H2,1-2H3;2-6,8H,1H3;1-4H3;1-2H3. The highest BCUT2D eigenvalue weighted by Gasteiger charge is 2.38. The van der Waals surface area contributed by atoms with E-state index in [1.54, 1.807) is 49.3 Å². The van der Waals surface area contributed by atoms with Crippen molar-refractivity contribution in [2.45, 2.75) is 85.7 Å². The number of benzene rings is 2. The number of carbonyl (C=O) groups excluding carboxylic acids is 4. The Bertz CT molecular complexity index is 1210. The minimum atomic E-state index is -3.47. The number of aldehydes is 2. The Morgan fingerprint density at radius 2 is 1.52 bits per heavy atom. The van der Waals surface area contributed by atoms with Crippen LogP contribution >= 0.6 is 0 Å². The lowest BCUT2D eigenvalue weighted by atomic mass is 10.0. The van der Waals surface area contributed by atoms with Gasteiger partial charge < -0.3 is 30.0 Å². The number of rotatable bonds is 10. The molecular weight excluding hydrogens is 616 g/mol. The van der Waals surface area contributed by atoms with E-state index in [0.29, 0.717) is 24.7 Å². The van der Waals surface area contributed by atoms with Gasteiger partial charge in [-0.1, -0.05) is 90.1 Å². The van der Waals surface area contributed by atoms with E-state index in [0.717, 1.165) is 17.5 Å². The van der Waals surface area contributed by atoms with Gasteiger partial charge in [0.2, 0.25) is 5.91 Å². The van der Waals surface area contributed by atoms with Crippen LogP contribution in [0.15, 0.2) is 60.7 Å². The number of hydrogen-bond acceptors (Lipinski definition) is 7. The first-order valence-electron chi connectivity index (χ1n) is 16.2. The molecule has 0 radical (unpaired) electrons. The van der Waals surface area contributed by atoms with Crippen LogP contribution in [0.25, 0.3) is 0 Å². The molecule has 0 spiro atoms. The van der Waals surface area contributed by atoms with Crippen molar-refractivity contribution in [1.82, 2.24) is 15.1 Å². The van der Waals surface area contributed by atoms with E-state index >= 15 is 0 Å². The van der Waals surface area contributed by atoms with Crippen LogP contribution in [0.4, 0.5) is 14.5 Å². The summed E-state index contributed by atoms with van der Waals surface area (Å²) in [5, 5.41) is 13.8. The van der Waals surface area contributed by atoms with Crippen LogP contribution in [0.3, 0.4) is 0 Å². The van der Waals surface area contributed by atoms with Gasteiger partial charge in [-0.3, -0.25) is 9.59 Å². The molecule has 2 aromatic carbocycles. The molecule has 2 amide bonds. The molecule has 11 heteroatoms. The number of hydrogen-bond donors (Lipinski definition) is 2. The minimum absolute atomic E-state index is 0.0871. The van der Waals surface area contributed by atoms with Crippen molar-refractivity contribution >= 4 is 30.1 Å². The van der Waals surface area contributed by atoms with Gasteiger partial charge in [0.1, 0.15) is 18.6 Å². The van der Waals surface area contributed by atoms with Gasteiger partial charge in [0, 0.05) is 31.6 Å². The molecule has 2 aromatic rings. The highest BCUT2D eigenvalue weighted by molar-refractivity contribution is 5.85. The monoisotopic (exact) mass is 673 g/mol. The van der Waals surface area contributed by atoms with Crippen molar-refractivity contribution < 1.29 is 28.0 Å². The van der Waals surface area contributed by atoms with Gasteiger partial charge in [0.25, 0.3) is 5.91 Å². The maximum Gasteiger partial charge on any atom is 0.324 e. The van der Waals surface area contributed by atoms with Crippen LogP contribution < -0.4 is 10.6 Å². The van der Waals surface area contributed by atoms with E-state index in [2.05, 4.69) is 39.1 Å². The molecule has 268 valence electrons. The molecule has 0 aliphatic carbocycles. The molecule has 3 rings (SSSR count). The SMILES string of the molecule is CC.CC(C)(C)C.CC(C=O)NC(=O)C(F)(F)CCc1ccccc1.CN(C)CC(=O)N1CC(C=O)CC1C#N.CNc1ccccc1. The van der Waals surface area contributed by atoms with Crippen molar-refractivity contribution in [1.29, 1.82) is 5.26 Å². The van der Waals surface area contributed by atoms with Gasteiger partial charge in [-0.25, -0.2) is 0 Å². The van der Waals surface area contributed by atoms with E-state index in [-0.39, 0.29) is 24.8 Å². The van der Waals surface area contributed by atoms with Crippen molar-refractivity contribution in [2.24, 2.45) is 11.3 Å². The minimum Gasteiger partial charge on any atom is -0.388 e. The second-order valence-electron chi connectivity index (χ2n) is 12.8. The van der Waals surface area contributed by atoms with Crippen molar-refractivity contribution in [3.63, 3.8) is 0 Å². The Hall–Kier alpha value is -4.17. The maximum atomic E-state index is 13.5. The Labute approximate surface area is 287 Å². The Balaban J connectivity index is 0. The van der Waals surface area contributed by atoms with Crippen LogP contribution in [0.5, 0.6) is 0 Å². The van der Waals surface area contributed by atoms with Crippen molar-refractivity contribution in [3.05, 3.63) is 66.2 Å². The fourth-order valence-electron chi connectivity index (χ4n) is 3.74. The van der Waals surface area contributed by atoms with Crippen molar-refractivity contribution in [2.75, 3.05) is 39.5 Å². The average Bonchev–Trinajstić information content (AvgIpc) is 3.49. The molecule has 48 heavy (non-hydrogen) atoms. The van der Waals surface area contributed by atoms with Crippen LogP contribution in [-0.2, 0) is 25.6 Å². The van der Waals surface area contributed by atoms with Gasteiger partial charge in [0.15, 0.2) is 0 Å². The summed E-state index contributed by atoms with van der Waals surface area (Å²) in [6.07, 6.45) is 1.24. The van der Waals surface area contributed by atoms with Gasteiger partial charge >= 0.3 is 5.92 Å². The van der Waals surface area contributed by atoms with Crippen molar-refractivity contribution in [3.8, 4) is 6.07 Å². The number of halogens is 2. The van der Waals surface area contributed by atoms with E-state index < -0.39 is 30.3 Å². The highest BCUT2D eigenvalue weighted by Crippen LogP contribution is 2.22. The van der Waals surface area contributed by atoms with Gasteiger partial charge in [-0.15, -0.1) is 0 Å². The Morgan fingerprint density at radius 3 is 1.92 bits per heavy atom. The molecule has 9 nitrogen and oxygen atoms in total. The smallest absolute Gasteiger partial charge is 0.324 e. The second-order valence-corrected chi connectivity index (χ2v) is 12.8. The predicted molar refractivity (Wildman–Crippen MR) is 190 cm³/mol. The summed E-state index contributed by atoms with van der Waals surface area (Å²) >= 11 is 0. The number of nitrogens with one attached hydrogen (secondary N) is 2. The first kappa shape index (κ1) is 46.0. The third kappa shape index (κ3) is 22.4. The largest absolute Gasteiger partial charge is 0.388 e. The molecule has 1 fully saturated rings. The number of para-hydroxylation sites is 1. The predicted octanol–water partition coefficient (Wildman–Crippen LogP) is 6.25. The molecule has 1 aliphatic heterocycles. The number of nitriles is 1. The molecule has 1 saturated heterocycles. The maximum absolute atomic E-state index is 13.5. The zero-order chi connectivity index (χ0) is 37.3. The molecule has 3 unspecified atom stereocenters. The summed E-state index contributed by atoms with van der Waals surface area (Å²) in [5.41, 5.74) is 2.40. The molecule has 0 aromatic heterocycles. The van der Waals surface area contributed by atoms with Crippen LogP contribution in [0.1, 0.15) is 66.9 Å². The van der Waals surface area contributed by atoms with E-state index in [1.165, 1.54) is 11.8 Å². The highest BCUT2D eigenvalue weighted by atomic mass is 19.3. The van der Waals surface area contributed by atoms with Gasteiger partial charge in [0.05, 0.1) is 18.7 Å². The average molecular weight is 674 g/mol. The van der Waals surface area contributed by atoms with Gasteiger partial charge in [-0.05, 0) is 57.0 Å². The quantitative estimate of drug-likeness (QED) is 0.286. The number of alkyl halides is 2. The second kappa shape index (κ2) is 24.9. The molecule has 0 bridgehead atoms. The first-order chi connectivity index (χ1) is 22.5. The van der Waals surface area contributed by atoms with E-state index in [1.807, 2.05) is 56.5 Å². The molecule has 0 saturated carbocycles. The summed E-state index contributed by atoms with van der Waals surface area (Å²) in [6.45, 7) is 14.8. The number of likely N-dealkylation sites (N-methyl/N-ethyl adjacent to an activating group) is 1. The number of anilines is 1. The lowest BCUT2D eigenvalue weighted by Crippen LogP contribution is -2.45. The molecular formula is C37H57F2N5O4. The summed E-state index contributed by atoms with van der Waals surface area (Å²) in [5.74, 6) is -5.14. The fraction of sp³-hybridized carbons (Fsp3) is 0.541. The first-order valence-corrected chi connectivity index (χ1v) is 16.2. The lowest BCUT2D eigenvalue weighted by molar-refractivity contribution is -0.147. The zero-order valence-corrected chi connectivity index (χ0v) is 30.4. The Kier molecular flexibility index (Phi) is 23.9. The van der Waals surface area contributed by atoms with E-state index in [9.17, 15) is 28.0 Å². The van der Waals surface area contributed by atoms with Crippen LogP contribution in [-0.4, -0.2) is 86.4 Å². The third-order valence-corrected chi connectivity index (χ3v) is 5.97. The number of likely N-dealkylation sites (tertiary alicyclic amines) is 1. The molecule has 1 heterocycles. The Morgan fingerprint density at radius 1 is 1.02 bits per heavy atom. The van der Waals surface area contributed by atoms with Crippen LogP contribution in [0.2, 0.25) is 0 Å². The van der Waals surface area contributed by atoms with Crippen LogP contribution in [0, 0.1) is 22.7 Å². The lowest BCUT2D eigenvalue weighted by Gasteiger charge is -2.21. The number of nitrogens with zero attached hydrogens (tertiary/aromatic N) is 3. The fourth-order valence-corrected chi connectivity index (χ4v) is 3.74. The molecule has 1 aliphatic rings. The third-order valence-electron chi connectivity index (χ3n) is 5.97.